The third-order valence-corrected chi connectivity index (χ3v) is 3.44. The van der Waals surface area contributed by atoms with E-state index in [1.807, 2.05) is 42.8 Å². The normalized spacial score (nSPS) is 12.8. The Morgan fingerprint density at radius 3 is 2.78 bits per heavy atom. The van der Waals surface area contributed by atoms with Crippen LogP contribution >= 0.6 is 0 Å². The lowest BCUT2D eigenvalue weighted by Gasteiger charge is -2.10. The lowest BCUT2D eigenvalue weighted by molar-refractivity contribution is -0.122. The van der Waals surface area contributed by atoms with Gasteiger partial charge in [-0.05, 0) is 18.6 Å². The van der Waals surface area contributed by atoms with E-state index in [1.54, 1.807) is 0 Å². The van der Waals surface area contributed by atoms with E-state index in [0.717, 1.165) is 23.3 Å². The predicted octanol–water partition coefficient (Wildman–Crippen LogP) is 1.67. The number of imidazole rings is 1. The van der Waals surface area contributed by atoms with Crippen molar-refractivity contribution < 1.29 is 4.79 Å². The lowest BCUT2D eigenvalue weighted by atomic mass is 9.99. The number of para-hydroxylation sites is 2. The second-order valence-corrected chi connectivity index (χ2v) is 4.56. The molecule has 2 rings (SSSR count). The number of hydrogen-bond donors (Lipinski definition) is 1. The molecule has 2 N–H and O–H groups in total. The Morgan fingerprint density at radius 1 is 1.44 bits per heavy atom. The van der Waals surface area contributed by atoms with Crippen LogP contribution in [0.1, 0.15) is 19.2 Å². The van der Waals surface area contributed by atoms with Gasteiger partial charge in [-0.1, -0.05) is 19.1 Å². The number of carbonyl (C=O) groups excluding carboxylic acids is 1. The summed E-state index contributed by atoms with van der Waals surface area (Å²) in [5.41, 5.74) is 7.59. The molecular formula is C14H19N3O. The molecular weight excluding hydrogens is 226 g/mol. The van der Waals surface area contributed by atoms with Crippen molar-refractivity contribution in [3.63, 3.8) is 0 Å². The molecule has 0 spiro atoms. The fourth-order valence-electron chi connectivity index (χ4n) is 2.18. The van der Waals surface area contributed by atoms with E-state index >= 15 is 0 Å². The van der Waals surface area contributed by atoms with Crippen molar-refractivity contribution in [1.82, 2.24) is 9.55 Å². The van der Waals surface area contributed by atoms with E-state index in [9.17, 15) is 4.79 Å². The zero-order valence-electron chi connectivity index (χ0n) is 10.9. The molecule has 0 radical (unpaired) electrons. The Morgan fingerprint density at radius 2 is 2.17 bits per heavy atom. The first-order valence-electron chi connectivity index (χ1n) is 6.30. The number of fused-ring (bicyclic) bond motifs is 1. The van der Waals surface area contributed by atoms with Crippen molar-refractivity contribution >= 4 is 16.8 Å². The zero-order valence-corrected chi connectivity index (χ0v) is 10.9. The minimum Gasteiger partial charge on any atom is -0.331 e. The van der Waals surface area contributed by atoms with Crippen LogP contribution in [0.5, 0.6) is 0 Å². The molecule has 4 heteroatoms. The smallest absolute Gasteiger partial charge is 0.144 e. The maximum absolute atomic E-state index is 12.1. The zero-order chi connectivity index (χ0) is 13.1. The van der Waals surface area contributed by atoms with E-state index in [-0.39, 0.29) is 11.7 Å². The van der Waals surface area contributed by atoms with Gasteiger partial charge in [0.2, 0.25) is 0 Å². The topological polar surface area (TPSA) is 60.9 Å². The molecule has 1 heterocycles. The van der Waals surface area contributed by atoms with Crippen LogP contribution < -0.4 is 5.73 Å². The molecule has 2 aromatic rings. The van der Waals surface area contributed by atoms with Crippen LogP contribution in [0, 0.1) is 5.92 Å². The third kappa shape index (κ3) is 2.29. The van der Waals surface area contributed by atoms with Gasteiger partial charge in [-0.2, -0.15) is 0 Å². The Hall–Kier alpha value is -1.68. The minimum atomic E-state index is -0.0511. The number of aromatic nitrogens is 2. The number of nitrogens with zero attached hydrogens (tertiary/aromatic N) is 2. The van der Waals surface area contributed by atoms with Crippen LogP contribution in [0.15, 0.2) is 24.3 Å². The van der Waals surface area contributed by atoms with Gasteiger partial charge in [-0.25, -0.2) is 4.98 Å². The standard InChI is InChI=1S/C14H19N3O/c1-3-10(9-15)13(18)8-14-16-11-6-4-5-7-12(11)17(14)2/h4-7,10H,3,8-9,15H2,1-2H3. The van der Waals surface area contributed by atoms with Gasteiger partial charge in [-0.3, -0.25) is 4.79 Å². The molecule has 0 saturated heterocycles. The summed E-state index contributed by atoms with van der Waals surface area (Å²) in [7, 11) is 1.95. The molecule has 1 aromatic carbocycles. The van der Waals surface area contributed by atoms with Crippen LogP contribution in [0.25, 0.3) is 11.0 Å². The largest absolute Gasteiger partial charge is 0.331 e. The number of benzene rings is 1. The molecule has 1 aromatic heterocycles. The van der Waals surface area contributed by atoms with Crippen LogP contribution in [-0.2, 0) is 18.3 Å². The first kappa shape index (κ1) is 12.8. The number of carbonyl (C=O) groups is 1. The molecule has 0 saturated carbocycles. The van der Waals surface area contributed by atoms with Crippen LogP contribution in [0.4, 0.5) is 0 Å². The molecule has 1 atom stereocenters. The first-order valence-corrected chi connectivity index (χ1v) is 6.30. The van der Waals surface area contributed by atoms with Gasteiger partial charge in [0.25, 0.3) is 0 Å². The molecule has 0 fully saturated rings. The van der Waals surface area contributed by atoms with E-state index in [0.29, 0.717) is 13.0 Å². The van der Waals surface area contributed by atoms with Gasteiger partial charge in [0, 0.05) is 19.5 Å². The second-order valence-electron chi connectivity index (χ2n) is 4.56. The summed E-state index contributed by atoms with van der Waals surface area (Å²) in [5.74, 6) is 0.941. The average molecular weight is 245 g/mol. The first-order chi connectivity index (χ1) is 8.67. The number of aryl methyl sites for hydroxylation is 1. The highest BCUT2D eigenvalue weighted by molar-refractivity contribution is 5.84. The fourth-order valence-corrected chi connectivity index (χ4v) is 2.18. The highest BCUT2D eigenvalue weighted by atomic mass is 16.1. The molecule has 4 nitrogen and oxygen atoms in total. The van der Waals surface area contributed by atoms with Crippen molar-refractivity contribution in [2.75, 3.05) is 6.54 Å². The summed E-state index contributed by atoms with van der Waals surface area (Å²) in [6, 6.07) is 7.90. The van der Waals surface area contributed by atoms with Gasteiger partial charge in [-0.15, -0.1) is 0 Å². The van der Waals surface area contributed by atoms with E-state index in [1.165, 1.54) is 0 Å². The van der Waals surface area contributed by atoms with Crippen molar-refractivity contribution in [3.05, 3.63) is 30.1 Å². The number of ketones is 1. The van der Waals surface area contributed by atoms with Gasteiger partial charge < -0.3 is 10.3 Å². The SMILES string of the molecule is CCC(CN)C(=O)Cc1nc2ccccc2n1C. The Bertz CT molecular complexity index is 555. The summed E-state index contributed by atoms with van der Waals surface area (Å²) in [4.78, 5) is 16.6. The minimum absolute atomic E-state index is 0.0511. The fraction of sp³-hybridized carbons (Fsp3) is 0.429. The van der Waals surface area contributed by atoms with Gasteiger partial charge in [0.15, 0.2) is 0 Å². The molecule has 0 bridgehead atoms. The van der Waals surface area contributed by atoms with Crippen molar-refractivity contribution in [2.45, 2.75) is 19.8 Å². The van der Waals surface area contributed by atoms with Crippen molar-refractivity contribution in [2.24, 2.45) is 18.7 Å². The second kappa shape index (κ2) is 5.31. The molecule has 0 aliphatic heterocycles. The number of nitrogens with two attached hydrogens (primary N) is 1. The van der Waals surface area contributed by atoms with Crippen LogP contribution in [-0.4, -0.2) is 21.9 Å². The summed E-state index contributed by atoms with van der Waals surface area (Å²) >= 11 is 0. The maximum atomic E-state index is 12.1. The molecule has 96 valence electrons. The molecule has 0 amide bonds. The molecule has 0 aliphatic rings. The molecule has 0 aliphatic carbocycles. The average Bonchev–Trinajstić information content (AvgIpc) is 2.68. The number of hydrogen-bond acceptors (Lipinski definition) is 3. The van der Waals surface area contributed by atoms with E-state index in [2.05, 4.69) is 4.98 Å². The predicted molar refractivity (Wildman–Crippen MR) is 72.3 cm³/mol. The van der Waals surface area contributed by atoms with Gasteiger partial charge >= 0.3 is 0 Å². The maximum Gasteiger partial charge on any atom is 0.144 e. The van der Waals surface area contributed by atoms with Crippen LogP contribution in [0.3, 0.4) is 0 Å². The van der Waals surface area contributed by atoms with Crippen molar-refractivity contribution in [1.29, 1.82) is 0 Å². The van der Waals surface area contributed by atoms with E-state index < -0.39 is 0 Å². The van der Waals surface area contributed by atoms with E-state index in [4.69, 9.17) is 5.73 Å². The quantitative estimate of drug-likeness (QED) is 0.871. The molecule has 18 heavy (non-hydrogen) atoms. The Kier molecular flexibility index (Phi) is 3.77. The number of rotatable bonds is 5. The highest BCUT2D eigenvalue weighted by Gasteiger charge is 2.18. The van der Waals surface area contributed by atoms with Crippen molar-refractivity contribution in [3.8, 4) is 0 Å². The van der Waals surface area contributed by atoms with Crippen LogP contribution in [0.2, 0.25) is 0 Å². The monoisotopic (exact) mass is 245 g/mol. The van der Waals surface area contributed by atoms with Gasteiger partial charge in [0.1, 0.15) is 11.6 Å². The van der Waals surface area contributed by atoms with Gasteiger partial charge in [0.05, 0.1) is 17.5 Å². The molecule has 1 unspecified atom stereocenters. The highest BCUT2D eigenvalue weighted by Crippen LogP contribution is 2.16. The lowest BCUT2D eigenvalue weighted by Crippen LogP contribution is -2.25. The summed E-state index contributed by atoms with van der Waals surface area (Å²) < 4.78 is 1.98. The third-order valence-electron chi connectivity index (χ3n) is 3.44. The summed E-state index contributed by atoms with van der Waals surface area (Å²) in [5, 5.41) is 0. The Labute approximate surface area is 107 Å². The number of Topliss-reactive ketones (excluding diaryl/α,β-unsaturated/α-hetero) is 1. The summed E-state index contributed by atoms with van der Waals surface area (Å²) in [6.45, 7) is 2.41. The Balaban J connectivity index is 2.27. The summed E-state index contributed by atoms with van der Waals surface area (Å²) in [6.07, 6.45) is 1.15.